The maximum absolute atomic E-state index is 9.91. The van der Waals surface area contributed by atoms with Crippen LogP contribution in [0.4, 0.5) is 0 Å². The Bertz CT molecular complexity index is 838. The van der Waals surface area contributed by atoms with Crippen molar-refractivity contribution >= 4 is 16.6 Å². The Morgan fingerprint density at radius 1 is 0.921 bits per heavy atom. The van der Waals surface area contributed by atoms with Crippen molar-refractivity contribution in [2.24, 2.45) is 23.2 Å². The highest BCUT2D eigenvalue weighted by Gasteiger charge is 2.50. The van der Waals surface area contributed by atoms with Crippen LogP contribution in [0.2, 0.25) is 36.3 Å². The summed E-state index contributed by atoms with van der Waals surface area (Å²) in [7, 11) is -3.72. The van der Waals surface area contributed by atoms with Crippen LogP contribution in [0.3, 0.4) is 0 Å². The molecule has 0 aromatic heterocycles. The molecule has 220 valence electrons. The van der Waals surface area contributed by atoms with Gasteiger partial charge in [0.25, 0.3) is 0 Å². The maximum atomic E-state index is 9.91. The molecule has 0 aromatic rings. The minimum Gasteiger partial charge on any atom is -0.414 e. The van der Waals surface area contributed by atoms with Crippen molar-refractivity contribution in [3.05, 3.63) is 23.3 Å². The fourth-order valence-electron chi connectivity index (χ4n) is 7.20. The monoisotopic (exact) mass is 562 g/mol. The van der Waals surface area contributed by atoms with Crippen LogP contribution in [0.5, 0.6) is 0 Å². The van der Waals surface area contributed by atoms with Crippen molar-refractivity contribution in [1.82, 2.24) is 0 Å². The number of aliphatic hydroxyl groups is 1. The van der Waals surface area contributed by atoms with Crippen LogP contribution in [0.1, 0.15) is 107 Å². The molecule has 0 bridgehead atoms. The van der Waals surface area contributed by atoms with Gasteiger partial charge in [-0.15, -0.1) is 0 Å². The lowest BCUT2D eigenvalue weighted by atomic mass is 9.61. The lowest BCUT2D eigenvalue weighted by Gasteiger charge is -2.45. The summed E-state index contributed by atoms with van der Waals surface area (Å²) >= 11 is 0. The van der Waals surface area contributed by atoms with Crippen molar-refractivity contribution in [1.29, 1.82) is 0 Å². The highest BCUT2D eigenvalue weighted by Crippen LogP contribution is 2.59. The number of aliphatic hydroxyl groups excluding tert-OH is 1. The number of allylic oxidation sites excluding steroid dienone is 3. The van der Waals surface area contributed by atoms with Gasteiger partial charge in [-0.25, -0.2) is 0 Å². The first kappa shape index (κ1) is 32.3. The van der Waals surface area contributed by atoms with Crippen molar-refractivity contribution in [2.45, 2.75) is 155 Å². The molecule has 2 unspecified atom stereocenters. The van der Waals surface area contributed by atoms with E-state index < -0.39 is 16.6 Å². The van der Waals surface area contributed by atoms with Crippen molar-refractivity contribution in [3.63, 3.8) is 0 Å². The molecular formula is C33H62O3Si2. The molecule has 3 saturated carbocycles. The van der Waals surface area contributed by atoms with Crippen LogP contribution in [-0.2, 0) is 8.85 Å². The second kappa shape index (κ2) is 11.6. The molecule has 0 aromatic carbocycles. The summed E-state index contributed by atoms with van der Waals surface area (Å²) in [6.45, 7) is 28.7. The zero-order valence-corrected chi connectivity index (χ0v) is 29.2. The van der Waals surface area contributed by atoms with Gasteiger partial charge in [-0.05, 0) is 111 Å². The molecule has 6 atom stereocenters. The van der Waals surface area contributed by atoms with Crippen molar-refractivity contribution < 1.29 is 14.0 Å². The van der Waals surface area contributed by atoms with Gasteiger partial charge in [-0.1, -0.05) is 78.7 Å². The van der Waals surface area contributed by atoms with Crippen LogP contribution < -0.4 is 0 Å². The Balaban J connectivity index is 1.86. The molecule has 3 aliphatic rings. The Kier molecular flexibility index (Phi) is 9.85. The Morgan fingerprint density at radius 3 is 1.92 bits per heavy atom. The summed E-state index contributed by atoms with van der Waals surface area (Å²) < 4.78 is 14.0. The summed E-state index contributed by atoms with van der Waals surface area (Å²) in [6.07, 6.45) is 15.0. The molecule has 5 heteroatoms. The first-order valence-electron chi connectivity index (χ1n) is 15.7. The van der Waals surface area contributed by atoms with E-state index in [0.29, 0.717) is 29.8 Å². The summed E-state index contributed by atoms with van der Waals surface area (Å²) in [6, 6.07) is 0. The molecule has 3 aliphatic carbocycles. The summed E-state index contributed by atoms with van der Waals surface area (Å²) in [5, 5.41) is 10.3. The fourth-order valence-corrected chi connectivity index (χ4v) is 9.93. The fraction of sp³-hybridized carbons (Fsp3) is 0.879. The van der Waals surface area contributed by atoms with E-state index in [1.165, 1.54) is 37.7 Å². The predicted octanol–water partition coefficient (Wildman–Crippen LogP) is 9.65. The average Bonchev–Trinajstić information content (AvgIpc) is 3.12. The van der Waals surface area contributed by atoms with Gasteiger partial charge < -0.3 is 14.0 Å². The number of fused-ring (bicyclic) bond motifs is 1. The second-order valence-corrected chi connectivity index (χ2v) is 26.0. The topological polar surface area (TPSA) is 38.7 Å². The number of hydrogen-bond donors (Lipinski definition) is 1. The van der Waals surface area contributed by atoms with Crippen LogP contribution in [-0.4, -0.2) is 40.6 Å². The van der Waals surface area contributed by atoms with Crippen LogP contribution in [0.15, 0.2) is 23.3 Å². The molecule has 3 fully saturated rings. The predicted molar refractivity (Wildman–Crippen MR) is 169 cm³/mol. The van der Waals surface area contributed by atoms with Gasteiger partial charge in [0.05, 0.1) is 12.2 Å². The Morgan fingerprint density at radius 2 is 1.45 bits per heavy atom. The molecule has 0 amide bonds. The standard InChI is InChI=1S/C33H62O3Si2/c1-24(23-34)29-17-18-30-26(14-13-19-33(29,30)8)16-15-25-20-27(35-37(9,10)31(2,3)4)22-28(21-25)36-38(11,12)32(5,6)7/h15-16,24,27-30,34H,13-14,17-23H2,1-12H3/b25-15?,26-16+/t24-,27?,28?,29+,30-,33+/m0/s1. The number of rotatable bonds is 7. The zero-order chi connectivity index (χ0) is 28.7. The van der Waals surface area contributed by atoms with E-state index in [1.54, 1.807) is 5.57 Å². The van der Waals surface area contributed by atoms with E-state index >= 15 is 0 Å². The quantitative estimate of drug-likeness (QED) is 0.314. The van der Waals surface area contributed by atoms with Gasteiger partial charge in [-0.2, -0.15) is 0 Å². The van der Waals surface area contributed by atoms with E-state index in [1.807, 2.05) is 0 Å². The van der Waals surface area contributed by atoms with E-state index in [9.17, 15) is 5.11 Å². The maximum Gasteiger partial charge on any atom is 0.192 e. The van der Waals surface area contributed by atoms with Gasteiger partial charge >= 0.3 is 0 Å². The molecular weight excluding hydrogens is 501 g/mol. The molecule has 3 rings (SSSR count). The molecule has 0 saturated heterocycles. The summed E-state index contributed by atoms with van der Waals surface area (Å²) in [4.78, 5) is 0. The van der Waals surface area contributed by atoms with Gasteiger partial charge in [-0.3, -0.25) is 0 Å². The highest BCUT2D eigenvalue weighted by molar-refractivity contribution is 6.74. The van der Waals surface area contributed by atoms with Gasteiger partial charge in [0.1, 0.15) is 0 Å². The first-order valence-corrected chi connectivity index (χ1v) is 21.5. The molecule has 0 spiro atoms. The second-order valence-electron chi connectivity index (χ2n) is 16.5. The van der Waals surface area contributed by atoms with Crippen LogP contribution in [0, 0.1) is 23.2 Å². The first-order chi connectivity index (χ1) is 17.3. The summed E-state index contributed by atoms with van der Waals surface area (Å²) in [5.74, 6) is 1.73. The van der Waals surface area contributed by atoms with Crippen LogP contribution in [0.25, 0.3) is 0 Å². The van der Waals surface area contributed by atoms with E-state index in [2.05, 4.69) is 93.7 Å². The van der Waals surface area contributed by atoms with Crippen LogP contribution >= 0.6 is 0 Å². The highest BCUT2D eigenvalue weighted by atomic mass is 28.4. The van der Waals surface area contributed by atoms with Gasteiger partial charge in [0.15, 0.2) is 16.6 Å². The average molecular weight is 563 g/mol. The third-order valence-corrected chi connectivity index (χ3v) is 20.7. The Hall–Kier alpha value is -0.206. The lowest BCUT2D eigenvalue weighted by Crippen LogP contribution is -2.48. The normalized spacial score (nSPS) is 33.4. The van der Waals surface area contributed by atoms with E-state index in [-0.39, 0.29) is 22.3 Å². The van der Waals surface area contributed by atoms with Gasteiger partial charge in [0, 0.05) is 6.61 Å². The van der Waals surface area contributed by atoms with E-state index in [0.717, 1.165) is 19.3 Å². The largest absolute Gasteiger partial charge is 0.414 e. The minimum atomic E-state index is -1.86. The molecule has 0 heterocycles. The minimum absolute atomic E-state index is 0.212. The molecule has 0 aliphatic heterocycles. The van der Waals surface area contributed by atoms with Crippen molar-refractivity contribution in [2.75, 3.05) is 6.61 Å². The van der Waals surface area contributed by atoms with E-state index in [4.69, 9.17) is 8.85 Å². The van der Waals surface area contributed by atoms with Crippen molar-refractivity contribution in [3.8, 4) is 0 Å². The summed E-state index contributed by atoms with van der Waals surface area (Å²) in [5.41, 5.74) is 3.52. The molecule has 3 nitrogen and oxygen atoms in total. The zero-order valence-electron chi connectivity index (χ0n) is 27.2. The third kappa shape index (κ3) is 6.98. The Labute approximate surface area is 238 Å². The molecule has 38 heavy (non-hydrogen) atoms. The smallest absolute Gasteiger partial charge is 0.192 e. The molecule has 1 N–H and O–H groups in total. The third-order valence-electron chi connectivity index (χ3n) is 11.6. The molecule has 0 radical (unpaired) electrons. The SMILES string of the molecule is C[C@@H](CO)[C@H]1CC[C@H]2/C(=C/C=C3CC(O[Si](C)(C)C(C)(C)C)CC(O[Si](C)(C)C(C)(C)C)C3)CCC[C@]12C. The van der Waals surface area contributed by atoms with Gasteiger partial charge in [0.2, 0.25) is 0 Å². The number of hydrogen-bond acceptors (Lipinski definition) is 3. The lowest BCUT2D eigenvalue weighted by molar-refractivity contribution is 0.0688.